The zero-order chi connectivity index (χ0) is 17.6. The molecule has 128 valence electrons. The van der Waals surface area contributed by atoms with Gasteiger partial charge in [0.15, 0.2) is 11.9 Å². The molecule has 1 aromatic carbocycles. The average Bonchev–Trinajstić information content (AvgIpc) is 3.15. The van der Waals surface area contributed by atoms with Crippen molar-refractivity contribution in [3.8, 4) is 11.6 Å². The molecule has 7 nitrogen and oxygen atoms in total. The van der Waals surface area contributed by atoms with Gasteiger partial charge in [0.2, 0.25) is 0 Å². The summed E-state index contributed by atoms with van der Waals surface area (Å²) in [6, 6.07) is 11.2. The Hall–Kier alpha value is -3.22. The van der Waals surface area contributed by atoms with Gasteiger partial charge in [0.05, 0.1) is 11.9 Å². The highest BCUT2D eigenvalue weighted by atomic mass is 16.5. The van der Waals surface area contributed by atoms with Gasteiger partial charge in [-0.15, -0.1) is 0 Å². The van der Waals surface area contributed by atoms with Gasteiger partial charge in [-0.2, -0.15) is 5.10 Å². The molecule has 7 heteroatoms. The number of carbonyl (C=O) groups excluding carboxylic acids is 1. The lowest BCUT2D eigenvalue weighted by molar-refractivity contribution is -0.122. The van der Waals surface area contributed by atoms with Crippen molar-refractivity contribution in [1.29, 1.82) is 0 Å². The largest absolute Gasteiger partial charge is 0.481 e. The third-order valence-corrected chi connectivity index (χ3v) is 3.60. The summed E-state index contributed by atoms with van der Waals surface area (Å²) in [5.41, 5.74) is 1.68. The Morgan fingerprint density at radius 1 is 1.32 bits per heavy atom. The third-order valence-electron chi connectivity index (χ3n) is 3.60. The summed E-state index contributed by atoms with van der Waals surface area (Å²) in [6.07, 6.45) is 4.56. The maximum absolute atomic E-state index is 12.5. The highest BCUT2D eigenvalue weighted by molar-refractivity contribution is 5.94. The van der Waals surface area contributed by atoms with E-state index in [0.717, 1.165) is 5.56 Å². The molecular formula is C18H19N5O2. The molecule has 0 radical (unpaired) electrons. The zero-order valence-corrected chi connectivity index (χ0v) is 14.1. The van der Waals surface area contributed by atoms with Gasteiger partial charge in [-0.25, -0.2) is 14.6 Å². The first-order valence-corrected chi connectivity index (χ1v) is 8.01. The molecule has 1 atom stereocenters. The van der Waals surface area contributed by atoms with Crippen molar-refractivity contribution in [2.24, 2.45) is 0 Å². The van der Waals surface area contributed by atoms with Gasteiger partial charge in [0.25, 0.3) is 5.91 Å². The molecule has 0 saturated heterocycles. The van der Waals surface area contributed by atoms with Gasteiger partial charge in [-0.3, -0.25) is 4.79 Å². The second-order valence-corrected chi connectivity index (χ2v) is 5.57. The molecule has 0 fully saturated rings. The van der Waals surface area contributed by atoms with Gasteiger partial charge in [0, 0.05) is 0 Å². The summed E-state index contributed by atoms with van der Waals surface area (Å²) in [5, 5.41) is 6.84. The SMILES string of the molecule is CC[C@@H](Oc1cccc(C)c1)C(=O)Nc1ccc(-n2cncn2)nc1. The highest BCUT2D eigenvalue weighted by Gasteiger charge is 2.18. The van der Waals surface area contributed by atoms with Crippen molar-refractivity contribution in [3.63, 3.8) is 0 Å². The molecule has 0 aliphatic rings. The number of benzene rings is 1. The number of nitrogens with one attached hydrogen (secondary N) is 1. The number of carbonyl (C=O) groups is 1. The fourth-order valence-corrected chi connectivity index (χ4v) is 2.32. The minimum atomic E-state index is -0.572. The van der Waals surface area contributed by atoms with Gasteiger partial charge in [-0.1, -0.05) is 19.1 Å². The Balaban J connectivity index is 1.65. The molecule has 0 bridgehead atoms. The molecule has 2 heterocycles. The second kappa shape index (κ2) is 7.57. The van der Waals surface area contributed by atoms with Crippen molar-refractivity contribution in [2.45, 2.75) is 26.4 Å². The van der Waals surface area contributed by atoms with Crippen LogP contribution in [0.2, 0.25) is 0 Å². The van der Waals surface area contributed by atoms with Gasteiger partial charge in [0.1, 0.15) is 18.4 Å². The predicted molar refractivity (Wildman–Crippen MR) is 93.7 cm³/mol. The van der Waals surface area contributed by atoms with Crippen LogP contribution in [0.15, 0.2) is 55.2 Å². The Bertz CT molecular complexity index is 831. The molecular weight excluding hydrogens is 318 g/mol. The summed E-state index contributed by atoms with van der Waals surface area (Å²) in [7, 11) is 0. The van der Waals surface area contributed by atoms with Crippen LogP contribution in [0.5, 0.6) is 5.75 Å². The number of nitrogens with zero attached hydrogens (tertiary/aromatic N) is 4. The van der Waals surface area contributed by atoms with Crippen LogP contribution >= 0.6 is 0 Å². The first kappa shape index (κ1) is 16.6. The number of hydrogen-bond donors (Lipinski definition) is 1. The van der Waals surface area contributed by atoms with E-state index < -0.39 is 6.10 Å². The van der Waals surface area contributed by atoms with E-state index in [1.807, 2.05) is 38.1 Å². The van der Waals surface area contributed by atoms with Crippen molar-refractivity contribution >= 4 is 11.6 Å². The van der Waals surface area contributed by atoms with E-state index >= 15 is 0 Å². The Labute approximate surface area is 145 Å². The van der Waals surface area contributed by atoms with E-state index in [0.29, 0.717) is 23.7 Å². The fourth-order valence-electron chi connectivity index (χ4n) is 2.32. The minimum absolute atomic E-state index is 0.209. The molecule has 25 heavy (non-hydrogen) atoms. The van der Waals surface area contributed by atoms with Crippen LogP contribution in [-0.4, -0.2) is 31.8 Å². The Kier molecular flexibility index (Phi) is 5.03. The summed E-state index contributed by atoms with van der Waals surface area (Å²) in [4.78, 5) is 20.6. The first-order valence-electron chi connectivity index (χ1n) is 8.01. The highest BCUT2D eigenvalue weighted by Crippen LogP contribution is 2.17. The summed E-state index contributed by atoms with van der Waals surface area (Å²) in [5.74, 6) is 1.10. The number of rotatable bonds is 6. The van der Waals surface area contributed by atoms with E-state index in [4.69, 9.17) is 4.74 Å². The maximum Gasteiger partial charge on any atom is 0.265 e. The molecule has 1 N–H and O–H groups in total. The molecule has 0 unspecified atom stereocenters. The van der Waals surface area contributed by atoms with Crippen molar-refractivity contribution < 1.29 is 9.53 Å². The van der Waals surface area contributed by atoms with Crippen LogP contribution in [0, 0.1) is 6.92 Å². The maximum atomic E-state index is 12.5. The second-order valence-electron chi connectivity index (χ2n) is 5.57. The number of aromatic nitrogens is 4. The normalized spacial score (nSPS) is 11.8. The Morgan fingerprint density at radius 3 is 2.84 bits per heavy atom. The number of pyridine rings is 1. The lowest BCUT2D eigenvalue weighted by atomic mass is 10.2. The van der Waals surface area contributed by atoms with Gasteiger partial charge < -0.3 is 10.1 Å². The molecule has 0 spiro atoms. The average molecular weight is 337 g/mol. The van der Waals surface area contributed by atoms with Crippen LogP contribution in [0.25, 0.3) is 5.82 Å². The number of anilines is 1. The van der Waals surface area contributed by atoms with Gasteiger partial charge in [-0.05, 0) is 43.2 Å². The molecule has 0 saturated carbocycles. The van der Waals surface area contributed by atoms with E-state index in [2.05, 4.69) is 20.4 Å². The van der Waals surface area contributed by atoms with Crippen molar-refractivity contribution in [3.05, 3.63) is 60.8 Å². The monoisotopic (exact) mass is 337 g/mol. The summed E-state index contributed by atoms with van der Waals surface area (Å²) in [6.45, 7) is 3.89. The van der Waals surface area contributed by atoms with E-state index in [9.17, 15) is 4.79 Å². The van der Waals surface area contributed by atoms with Crippen molar-refractivity contribution in [2.75, 3.05) is 5.32 Å². The lowest BCUT2D eigenvalue weighted by Crippen LogP contribution is -2.32. The number of hydrogen-bond acceptors (Lipinski definition) is 5. The molecule has 3 rings (SSSR count). The third kappa shape index (κ3) is 4.20. The molecule has 0 aliphatic heterocycles. The number of ether oxygens (including phenoxy) is 1. The topological polar surface area (TPSA) is 81.9 Å². The molecule has 0 aliphatic carbocycles. The predicted octanol–water partition coefficient (Wildman–Crippen LogP) is 2.77. The molecule has 1 amide bonds. The fraction of sp³-hybridized carbons (Fsp3) is 0.222. The van der Waals surface area contributed by atoms with Gasteiger partial charge >= 0.3 is 0 Å². The van der Waals surface area contributed by atoms with Crippen LogP contribution < -0.4 is 10.1 Å². The Morgan fingerprint density at radius 2 is 2.20 bits per heavy atom. The van der Waals surface area contributed by atoms with Crippen LogP contribution in [-0.2, 0) is 4.79 Å². The van der Waals surface area contributed by atoms with E-state index in [-0.39, 0.29) is 5.91 Å². The number of amides is 1. The van der Waals surface area contributed by atoms with Crippen LogP contribution in [0.4, 0.5) is 5.69 Å². The standard InChI is InChI=1S/C18H19N5O2/c1-3-16(25-15-6-4-5-13(2)9-15)18(24)22-14-7-8-17(20-10-14)23-12-19-11-21-23/h4-12,16H,3H2,1-2H3,(H,22,24)/t16-/m1/s1. The summed E-state index contributed by atoms with van der Waals surface area (Å²) >= 11 is 0. The van der Waals surface area contributed by atoms with E-state index in [1.54, 1.807) is 29.3 Å². The first-order chi connectivity index (χ1) is 12.2. The van der Waals surface area contributed by atoms with Crippen LogP contribution in [0.1, 0.15) is 18.9 Å². The van der Waals surface area contributed by atoms with E-state index in [1.165, 1.54) is 6.33 Å². The zero-order valence-electron chi connectivity index (χ0n) is 14.1. The number of aryl methyl sites for hydroxylation is 1. The minimum Gasteiger partial charge on any atom is -0.481 e. The lowest BCUT2D eigenvalue weighted by Gasteiger charge is -2.17. The molecule has 3 aromatic rings. The quantitative estimate of drug-likeness (QED) is 0.748. The van der Waals surface area contributed by atoms with Crippen LogP contribution in [0.3, 0.4) is 0 Å². The molecule has 2 aromatic heterocycles. The smallest absolute Gasteiger partial charge is 0.265 e. The van der Waals surface area contributed by atoms with Crippen molar-refractivity contribution in [1.82, 2.24) is 19.7 Å². The summed E-state index contributed by atoms with van der Waals surface area (Å²) < 4.78 is 7.35.